The van der Waals surface area contributed by atoms with E-state index in [1.165, 1.54) is 11.1 Å². The molecule has 5 rings (SSSR count). The van der Waals surface area contributed by atoms with Gasteiger partial charge in [0.1, 0.15) is 12.7 Å². The lowest BCUT2D eigenvalue weighted by Crippen LogP contribution is -2.45. The quantitative estimate of drug-likeness (QED) is 0.563. The van der Waals surface area contributed by atoms with Crippen LogP contribution < -0.4 is 10.6 Å². The van der Waals surface area contributed by atoms with Crippen molar-refractivity contribution in [2.45, 2.75) is 43.7 Å². The van der Waals surface area contributed by atoms with Crippen LogP contribution in [0.15, 0.2) is 48.5 Å². The molecule has 8 nitrogen and oxygen atoms in total. The van der Waals surface area contributed by atoms with Crippen molar-refractivity contribution in [2.24, 2.45) is 11.8 Å². The van der Waals surface area contributed by atoms with E-state index in [2.05, 4.69) is 34.9 Å². The molecule has 8 heteroatoms. The lowest BCUT2D eigenvalue weighted by Gasteiger charge is -2.21. The molecule has 1 saturated carbocycles. The molecule has 2 aromatic rings. The van der Waals surface area contributed by atoms with Gasteiger partial charge in [-0.25, -0.2) is 4.79 Å². The number of alkyl carbamates (subject to hydrolysis) is 1. The van der Waals surface area contributed by atoms with Crippen molar-refractivity contribution in [1.29, 1.82) is 0 Å². The molecular formula is C27H30N2O6. The molecule has 2 unspecified atom stereocenters. The zero-order valence-electron chi connectivity index (χ0n) is 19.4. The number of carboxylic acids is 1. The van der Waals surface area contributed by atoms with Crippen LogP contribution in [0.4, 0.5) is 4.79 Å². The molecule has 4 atom stereocenters. The highest BCUT2D eigenvalue weighted by molar-refractivity contribution is 5.82. The monoisotopic (exact) mass is 478 g/mol. The third-order valence-electron chi connectivity index (χ3n) is 7.45. The summed E-state index contributed by atoms with van der Waals surface area (Å²) in [5, 5.41) is 14.9. The molecule has 3 N–H and O–H groups in total. The number of fused-ring (bicyclic) bond motifs is 3. The Bertz CT molecular complexity index is 1070. The van der Waals surface area contributed by atoms with Gasteiger partial charge in [0.2, 0.25) is 5.91 Å². The van der Waals surface area contributed by atoms with E-state index in [-0.39, 0.29) is 36.9 Å². The first-order valence-corrected chi connectivity index (χ1v) is 12.2. The fourth-order valence-electron chi connectivity index (χ4n) is 5.62. The predicted octanol–water partition coefficient (Wildman–Crippen LogP) is 3.30. The highest BCUT2D eigenvalue weighted by Crippen LogP contribution is 2.44. The van der Waals surface area contributed by atoms with Crippen LogP contribution in [0.3, 0.4) is 0 Å². The van der Waals surface area contributed by atoms with Crippen molar-refractivity contribution in [3.63, 3.8) is 0 Å². The zero-order chi connectivity index (χ0) is 24.4. The number of hydrogen-bond donors (Lipinski definition) is 3. The fourth-order valence-corrected chi connectivity index (χ4v) is 5.62. The lowest BCUT2D eigenvalue weighted by atomic mass is 9.98. The molecule has 2 aliphatic carbocycles. The van der Waals surface area contributed by atoms with Crippen LogP contribution in [-0.4, -0.2) is 55.0 Å². The summed E-state index contributed by atoms with van der Waals surface area (Å²) in [4.78, 5) is 36.4. The highest BCUT2D eigenvalue weighted by atomic mass is 16.5. The SMILES string of the molecule is O=C(NCC1CCOC1C(=O)N[C@H]1CC[C@@H](C(=O)O)C1)OCC1c2ccccc2-c2ccccc21. The van der Waals surface area contributed by atoms with Crippen LogP contribution in [0.2, 0.25) is 0 Å². The minimum Gasteiger partial charge on any atom is -0.481 e. The van der Waals surface area contributed by atoms with Gasteiger partial charge in [-0.05, 0) is 47.9 Å². The van der Waals surface area contributed by atoms with Crippen molar-refractivity contribution >= 4 is 18.0 Å². The molecule has 0 bridgehead atoms. The maximum absolute atomic E-state index is 12.7. The summed E-state index contributed by atoms with van der Waals surface area (Å²) in [7, 11) is 0. The molecule has 3 aliphatic rings. The summed E-state index contributed by atoms with van der Waals surface area (Å²) in [6, 6.07) is 16.2. The molecule has 0 aromatic heterocycles. The maximum Gasteiger partial charge on any atom is 0.407 e. The first-order chi connectivity index (χ1) is 17.0. The van der Waals surface area contributed by atoms with E-state index in [9.17, 15) is 14.4 Å². The molecule has 1 aliphatic heterocycles. The number of ether oxygens (including phenoxy) is 2. The Morgan fingerprint density at radius 2 is 1.66 bits per heavy atom. The Hall–Kier alpha value is -3.39. The van der Waals surface area contributed by atoms with Gasteiger partial charge < -0.3 is 25.2 Å². The topological polar surface area (TPSA) is 114 Å². The number of nitrogens with one attached hydrogen (secondary N) is 2. The minimum atomic E-state index is -0.816. The minimum absolute atomic E-state index is 0.0115. The Morgan fingerprint density at radius 3 is 2.31 bits per heavy atom. The Labute approximate surface area is 204 Å². The smallest absolute Gasteiger partial charge is 0.407 e. The second-order valence-corrected chi connectivity index (χ2v) is 9.60. The lowest BCUT2D eigenvalue weighted by molar-refractivity contribution is -0.141. The maximum atomic E-state index is 12.7. The van der Waals surface area contributed by atoms with E-state index in [0.29, 0.717) is 32.3 Å². The average Bonchev–Trinajstić information content (AvgIpc) is 3.59. The summed E-state index contributed by atoms with van der Waals surface area (Å²) >= 11 is 0. The van der Waals surface area contributed by atoms with Gasteiger partial charge in [0.25, 0.3) is 0 Å². The number of amides is 2. The summed E-state index contributed by atoms with van der Waals surface area (Å²) in [6.07, 6.45) is 1.14. The van der Waals surface area contributed by atoms with Crippen molar-refractivity contribution < 1.29 is 29.0 Å². The van der Waals surface area contributed by atoms with Gasteiger partial charge in [-0.15, -0.1) is 0 Å². The van der Waals surface area contributed by atoms with E-state index in [0.717, 1.165) is 11.1 Å². The number of carbonyl (C=O) groups is 3. The van der Waals surface area contributed by atoms with Crippen LogP contribution in [0.25, 0.3) is 11.1 Å². The molecule has 2 amide bonds. The van der Waals surface area contributed by atoms with Crippen molar-refractivity contribution in [1.82, 2.24) is 10.6 Å². The third-order valence-corrected chi connectivity index (χ3v) is 7.45. The van der Waals surface area contributed by atoms with Crippen molar-refractivity contribution in [3.8, 4) is 11.1 Å². The normalized spacial score (nSPS) is 25.0. The number of aliphatic carboxylic acids is 1. The van der Waals surface area contributed by atoms with Crippen LogP contribution >= 0.6 is 0 Å². The van der Waals surface area contributed by atoms with Gasteiger partial charge in [-0.3, -0.25) is 9.59 Å². The molecular weight excluding hydrogens is 448 g/mol. The molecule has 1 heterocycles. The van der Waals surface area contributed by atoms with Crippen LogP contribution in [0, 0.1) is 11.8 Å². The summed E-state index contributed by atoms with van der Waals surface area (Å²) in [6.45, 7) is 0.950. The van der Waals surface area contributed by atoms with Crippen LogP contribution in [0.1, 0.15) is 42.7 Å². The van der Waals surface area contributed by atoms with Gasteiger partial charge in [-0.2, -0.15) is 0 Å². The van der Waals surface area contributed by atoms with E-state index >= 15 is 0 Å². The molecule has 2 fully saturated rings. The van der Waals surface area contributed by atoms with Gasteiger partial charge in [0.15, 0.2) is 0 Å². The summed E-state index contributed by atoms with van der Waals surface area (Å²) in [5.41, 5.74) is 4.65. The standard InChI is InChI=1S/C27H30N2O6/c30-25(29-18-10-9-16(13-18)26(31)32)24-17(11-12-34-24)14-28-27(33)35-15-23-21-7-3-1-5-19(21)20-6-2-4-8-22(20)23/h1-8,16-18,23-24H,9-15H2,(H,28,33)(H,29,30)(H,31,32)/t16-,17?,18+,24?/m1/s1. The van der Waals surface area contributed by atoms with Gasteiger partial charge >= 0.3 is 12.1 Å². The van der Waals surface area contributed by atoms with E-state index in [1.54, 1.807) is 0 Å². The van der Waals surface area contributed by atoms with Crippen LogP contribution in [0.5, 0.6) is 0 Å². The van der Waals surface area contributed by atoms with E-state index < -0.39 is 24.1 Å². The average molecular weight is 479 g/mol. The Kier molecular flexibility index (Phi) is 6.72. The number of hydrogen-bond acceptors (Lipinski definition) is 5. The second-order valence-electron chi connectivity index (χ2n) is 9.60. The van der Waals surface area contributed by atoms with Gasteiger partial charge in [0.05, 0.1) is 5.92 Å². The predicted molar refractivity (Wildman–Crippen MR) is 128 cm³/mol. The van der Waals surface area contributed by atoms with E-state index in [1.807, 2.05) is 24.3 Å². The fraction of sp³-hybridized carbons (Fsp3) is 0.444. The molecule has 184 valence electrons. The molecule has 1 saturated heterocycles. The molecule has 0 spiro atoms. The highest BCUT2D eigenvalue weighted by Gasteiger charge is 2.37. The van der Waals surface area contributed by atoms with Gasteiger partial charge in [0, 0.05) is 31.0 Å². The summed E-state index contributed by atoms with van der Waals surface area (Å²) in [5.74, 6) is -1.63. The second kappa shape index (κ2) is 10.1. The van der Waals surface area contributed by atoms with Crippen molar-refractivity contribution in [3.05, 3.63) is 59.7 Å². The van der Waals surface area contributed by atoms with Crippen LogP contribution in [-0.2, 0) is 19.1 Å². The number of carboxylic acid groups (broad SMARTS) is 1. The molecule has 35 heavy (non-hydrogen) atoms. The molecule has 0 radical (unpaired) electrons. The number of rotatable bonds is 7. The first-order valence-electron chi connectivity index (χ1n) is 12.2. The molecule has 2 aromatic carbocycles. The van der Waals surface area contributed by atoms with E-state index in [4.69, 9.17) is 14.6 Å². The third kappa shape index (κ3) is 4.89. The first kappa shape index (κ1) is 23.4. The zero-order valence-corrected chi connectivity index (χ0v) is 19.4. The van der Waals surface area contributed by atoms with Gasteiger partial charge in [-0.1, -0.05) is 48.5 Å². The summed E-state index contributed by atoms with van der Waals surface area (Å²) < 4.78 is 11.2. The Morgan fingerprint density at radius 1 is 0.971 bits per heavy atom. The number of benzene rings is 2. The largest absolute Gasteiger partial charge is 0.481 e. The Balaban J connectivity index is 1.12. The van der Waals surface area contributed by atoms with Crippen molar-refractivity contribution in [2.75, 3.05) is 19.8 Å². The number of carbonyl (C=O) groups excluding carboxylic acids is 2.